The number of rotatable bonds is 6. The summed E-state index contributed by atoms with van der Waals surface area (Å²) in [6.45, 7) is 1.69. The standard InChI is InChI=1S/C20H26N2O6/c1-11-16(19(23)28-13-7-5-6-8-13)17(22-20(24)21-11)12-9-14(25-2)18(27-4)15(10-12)26-3/h9-10,13,17H,5-8H2,1-4H3,(H2,21,22,24)/t17-/m1/s1. The lowest BCUT2D eigenvalue weighted by atomic mass is 9.95. The molecular weight excluding hydrogens is 364 g/mol. The molecule has 1 heterocycles. The lowest BCUT2D eigenvalue weighted by Crippen LogP contribution is -2.45. The van der Waals surface area contributed by atoms with Crippen molar-refractivity contribution >= 4 is 12.0 Å². The molecule has 1 fully saturated rings. The van der Waals surface area contributed by atoms with Crippen LogP contribution in [0.25, 0.3) is 0 Å². The summed E-state index contributed by atoms with van der Waals surface area (Å²) in [6, 6.07) is 2.34. The molecule has 1 aliphatic heterocycles. The summed E-state index contributed by atoms with van der Waals surface area (Å²) in [4.78, 5) is 25.0. The number of hydrogen-bond donors (Lipinski definition) is 2. The number of methoxy groups -OCH3 is 3. The molecular formula is C20H26N2O6. The number of nitrogens with one attached hydrogen (secondary N) is 2. The van der Waals surface area contributed by atoms with Crippen LogP contribution < -0.4 is 24.8 Å². The largest absolute Gasteiger partial charge is 0.493 e. The van der Waals surface area contributed by atoms with E-state index in [1.54, 1.807) is 19.1 Å². The molecule has 0 saturated heterocycles. The Hall–Kier alpha value is -2.90. The number of ether oxygens (including phenoxy) is 4. The van der Waals surface area contributed by atoms with Gasteiger partial charge in [-0.05, 0) is 50.3 Å². The van der Waals surface area contributed by atoms with Crippen molar-refractivity contribution in [2.75, 3.05) is 21.3 Å². The number of hydrogen-bond acceptors (Lipinski definition) is 6. The number of amides is 2. The van der Waals surface area contributed by atoms with Gasteiger partial charge in [-0.3, -0.25) is 0 Å². The maximum absolute atomic E-state index is 12.9. The number of benzene rings is 1. The molecule has 0 aromatic heterocycles. The van der Waals surface area contributed by atoms with Crippen molar-refractivity contribution < 1.29 is 28.5 Å². The van der Waals surface area contributed by atoms with Gasteiger partial charge >= 0.3 is 12.0 Å². The third-order valence-electron chi connectivity index (χ3n) is 5.09. The fourth-order valence-corrected chi connectivity index (χ4v) is 3.70. The van der Waals surface area contributed by atoms with Gasteiger partial charge in [-0.25, -0.2) is 9.59 Å². The van der Waals surface area contributed by atoms with E-state index in [0.29, 0.717) is 34.1 Å². The van der Waals surface area contributed by atoms with E-state index in [-0.39, 0.29) is 6.10 Å². The van der Waals surface area contributed by atoms with Crippen molar-refractivity contribution in [3.63, 3.8) is 0 Å². The molecule has 1 aliphatic carbocycles. The Bertz CT molecular complexity index is 773. The molecule has 1 atom stereocenters. The van der Waals surface area contributed by atoms with Crippen LogP contribution in [0.1, 0.15) is 44.2 Å². The first-order valence-electron chi connectivity index (χ1n) is 9.27. The van der Waals surface area contributed by atoms with Gasteiger partial charge in [-0.15, -0.1) is 0 Å². The number of carbonyl (C=O) groups is 2. The monoisotopic (exact) mass is 390 g/mol. The maximum atomic E-state index is 12.9. The Morgan fingerprint density at radius 3 is 2.18 bits per heavy atom. The molecule has 0 spiro atoms. The molecule has 2 N–H and O–H groups in total. The summed E-state index contributed by atoms with van der Waals surface area (Å²) in [6.07, 6.45) is 3.77. The Kier molecular flexibility index (Phi) is 5.96. The van der Waals surface area contributed by atoms with E-state index in [9.17, 15) is 9.59 Å². The predicted molar refractivity (Wildman–Crippen MR) is 102 cm³/mol. The highest BCUT2D eigenvalue weighted by Crippen LogP contribution is 2.41. The van der Waals surface area contributed by atoms with Gasteiger partial charge in [-0.2, -0.15) is 0 Å². The summed E-state index contributed by atoms with van der Waals surface area (Å²) in [5, 5.41) is 5.45. The predicted octanol–water partition coefficient (Wildman–Crippen LogP) is 2.83. The zero-order valence-corrected chi connectivity index (χ0v) is 16.6. The van der Waals surface area contributed by atoms with Crippen molar-refractivity contribution in [1.82, 2.24) is 10.6 Å². The molecule has 2 amide bonds. The van der Waals surface area contributed by atoms with Gasteiger partial charge in [-0.1, -0.05) is 0 Å². The first kappa shape index (κ1) is 19.9. The van der Waals surface area contributed by atoms with E-state index in [1.807, 2.05) is 0 Å². The van der Waals surface area contributed by atoms with Crippen LogP contribution in [-0.2, 0) is 9.53 Å². The minimum atomic E-state index is -0.698. The van der Waals surface area contributed by atoms with Gasteiger partial charge in [0.15, 0.2) is 11.5 Å². The first-order valence-corrected chi connectivity index (χ1v) is 9.27. The first-order chi connectivity index (χ1) is 13.5. The van der Waals surface area contributed by atoms with E-state index in [2.05, 4.69) is 10.6 Å². The van der Waals surface area contributed by atoms with Crippen molar-refractivity contribution in [1.29, 1.82) is 0 Å². The highest BCUT2D eigenvalue weighted by Gasteiger charge is 2.35. The molecule has 3 rings (SSSR count). The minimum absolute atomic E-state index is 0.0778. The normalized spacial score (nSPS) is 19.7. The molecule has 152 valence electrons. The Labute approximate surface area is 164 Å². The van der Waals surface area contributed by atoms with Gasteiger partial charge in [0.1, 0.15) is 6.10 Å². The average Bonchev–Trinajstić information content (AvgIpc) is 3.18. The summed E-state index contributed by atoms with van der Waals surface area (Å²) >= 11 is 0. The number of allylic oxidation sites excluding steroid dienone is 1. The lowest BCUT2D eigenvalue weighted by Gasteiger charge is -2.29. The van der Waals surface area contributed by atoms with Crippen molar-refractivity contribution in [2.45, 2.75) is 44.8 Å². The van der Waals surface area contributed by atoms with E-state index in [0.717, 1.165) is 25.7 Å². The maximum Gasteiger partial charge on any atom is 0.338 e. The van der Waals surface area contributed by atoms with Crippen LogP contribution in [0.4, 0.5) is 4.79 Å². The molecule has 8 nitrogen and oxygen atoms in total. The Balaban J connectivity index is 2.00. The van der Waals surface area contributed by atoms with E-state index >= 15 is 0 Å². The molecule has 0 bridgehead atoms. The fraction of sp³-hybridized carbons (Fsp3) is 0.500. The average molecular weight is 390 g/mol. The smallest absolute Gasteiger partial charge is 0.338 e. The molecule has 1 aromatic rings. The second-order valence-electron chi connectivity index (χ2n) is 6.84. The molecule has 1 aromatic carbocycles. The second kappa shape index (κ2) is 8.41. The molecule has 8 heteroatoms. The van der Waals surface area contributed by atoms with Gasteiger partial charge in [0.25, 0.3) is 0 Å². The van der Waals surface area contributed by atoms with Crippen LogP contribution in [0.3, 0.4) is 0 Å². The van der Waals surface area contributed by atoms with Crippen LogP contribution in [0.5, 0.6) is 17.2 Å². The highest BCUT2D eigenvalue weighted by molar-refractivity contribution is 5.95. The van der Waals surface area contributed by atoms with Crippen LogP contribution in [0.15, 0.2) is 23.4 Å². The molecule has 28 heavy (non-hydrogen) atoms. The zero-order chi connectivity index (χ0) is 20.3. The van der Waals surface area contributed by atoms with Crippen LogP contribution in [-0.4, -0.2) is 39.4 Å². The third kappa shape index (κ3) is 3.85. The van der Waals surface area contributed by atoms with E-state index in [1.165, 1.54) is 21.3 Å². The minimum Gasteiger partial charge on any atom is -0.493 e. The van der Waals surface area contributed by atoms with Crippen molar-refractivity contribution in [2.24, 2.45) is 0 Å². The number of urea groups is 1. The zero-order valence-electron chi connectivity index (χ0n) is 16.6. The summed E-state index contributed by atoms with van der Waals surface area (Å²) in [5.41, 5.74) is 1.45. The topological polar surface area (TPSA) is 95.1 Å². The molecule has 0 unspecified atom stereocenters. The SMILES string of the molecule is COc1cc([C@H]2NC(=O)NC(C)=C2C(=O)OC2CCCC2)cc(OC)c1OC. The Morgan fingerprint density at radius 2 is 1.64 bits per heavy atom. The highest BCUT2D eigenvalue weighted by atomic mass is 16.5. The van der Waals surface area contributed by atoms with Crippen molar-refractivity contribution in [3.8, 4) is 17.2 Å². The summed E-state index contributed by atoms with van der Waals surface area (Å²) in [7, 11) is 4.54. The van der Waals surface area contributed by atoms with E-state index < -0.39 is 18.0 Å². The van der Waals surface area contributed by atoms with Gasteiger partial charge < -0.3 is 29.6 Å². The van der Waals surface area contributed by atoms with Crippen LogP contribution >= 0.6 is 0 Å². The molecule has 1 saturated carbocycles. The number of esters is 1. The van der Waals surface area contributed by atoms with Gasteiger partial charge in [0, 0.05) is 5.70 Å². The van der Waals surface area contributed by atoms with Crippen LogP contribution in [0, 0.1) is 0 Å². The quantitative estimate of drug-likeness (QED) is 0.726. The summed E-state index contributed by atoms with van der Waals surface area (Å²) < 4.78 is 21.8. The third-order valence-corrected chi connectivity index (χ3v) is 5.09. The second-order valence-corrected chi connectivity index (χ2v) is 6.84. The number of carbonyl (C=O) groups excluding carboxylic acids is 2. The summed E-state index contributed by atoms with van der Waals surface area (Å²) in [5.74, 6) is 0.872. The molecule has 0 radical (unpaired) electrons. The lowest BCUT2D eigenvalue weighted by molar-refractivity contribution is -0.144. The Morgan fingerprint density at radius 1 is 1.04 bits per heavy atom. The van der Waals surface area contributed by atoms with Crippen LogP contribution in [0.2, 0.25) is 0 Å². The van der Waals surface area contributed by atoms with Crippen molar-refractivity contribution in [3.05, 3.63) is 29.0 Å². The van der Waals surface area contributed by atoms with E-state index in [4.69, 9.17) is 18.9 Å². The van der Waals surface area contributed by atoms with Gasteiger partial charge in [0.05, 0.1) is 32.9 Å². The van der Waals surface area contributed by atoms with Gasteiger partial charge in [0.2, 0.25) is 5.75 Å². The molecule has 2 aliphatic rings. The fourth-order valence-electron chi connectivity index (χ4n) is 3.70.